The first-order chi connectivity index (χ1) is 6.65. The van der Waals surface area contributed by atoms with E-state index >= 15 is 0 Å². The highest BCUT2D eigenvalue weighted by molar-refractivity contribution is 5.88. The van der Waals surface area contributed by atoms with E-state index in [1.807, 2.05) is 26.0 Å². The van der Waals surface area contributed by atoms with Gasteiger partial charge in [-0.3, -0.25) is 0 Å². The molecule has 0 amide bonds. The number of nitrogens with one attached hydrogen (secondary N) is 1. The lowest BCUT2D eigenvalue weighted by atomic mass is 10.2. The van der Waals surface area contributed by atoms with Gasteiger partial charge in [0.2, 0.25) is 0 Å². The first kappa shape index (κ1) is 12.9. The molecule has 0 radical (unpaired) electrons. The molecular formula is C11H19NO2. The number of hydrogen-bond acceptors (Lipinski definition) is 3. The van der Waals surface area contributed by atoms with Crippen molar-refractivity contribution in [2.75, 3.05) is 13.7 Å². The highest BCUT2D eigenvalue weighted by Crippen LogP contribution is 2.01. The van der Waals surface area contributed by atoms with E-state index in [1.54, 1.807) is 0 Å². The van der Waals surface area contributed by atoms with Crippen LogP contribution in [-0.2, 0) is 9.53 Å². The molecule has 1 unspecified atom stereocenters. The largest absolute Gasteiger partial charge is 0.466 e. The first-order valence-corrected chi connectivity index (χ1v) is 4.79. The monoisotopic (exact) mass is 197 g/mol. The molecule has 80 valence electrons. The van der Waals surface area contributed by atoms with Crippen LogP contribution >= 0.6 is 0 Å². The van der Waals surface area contributed by atoms with Gasteiger partial charge in [-0.05, 0) is 13.3 Å². The van der Waals surface area contributed by atoms with Crippen molar-refractivity contribution in [1.29, 1.82) is 0 Å². The molecular weight excluding hydrogens is 178 g/mol. The molecule has 0 aromatic carbocycles. The molecule has 0 aliphatic heterocycles. The Balaban J connectivity index is 4.05. The molecule has 0 bridgehead atoms. The number of ether oxygens (including phenoxy) is 1. The second-order valence-electron chi connectivity index (χ2n) is 3.01. The molecule has 14 heavy (non-hydrogen) atoms. The van der Waals surface area contributed by atoms with Gasteiger partial charge in [-0.1, -0.05) is 19.1 Å². The van der Waals surface area contributed by atoms with E-state index < -0.39 is 0 Å². The minimum atomic E-state index is -0.249. The number of hydrogen-bond donors (Lipinski definition) is 1. The second-order valence-corrected chi connectivity index (χ2v) is 3.01. The summed E-state index contributed by atoms with van der Waals surface area (Å²) in [5.41, 5.74) is 0.705. The molecule has 0 aliphatic carbocycles. The maximum atomic E-state index is 11.1. The third-order valence-electron chi connectivity index (χ3n) is 1.97. The summed E-state index contributed by atoms with van der Waals surface area (Å²) in [4.78, 5) is 11.1. The number of carbonyl (C=O) groups excluding carboxylic acids is 1. The molecule has 0 rings (SSSR count). The van der Waals surface area contributed by atoms with Crippen LogP contribution in [0.25, 0.3) is 0 Å². The van der Waals surface area contributed by atoms with Crippen molar-refractivity contribution in [1.82, 2.24) is 5.32 Å². The highest BCUT2D eigenvalue weighted by Gasteiger charge is 2.05. The molecule has 0 aromatic heterocycles. The van der Waals surface area contributed by atoms with Crippen LogP contribution in [0.4, 0.5) is 0 Å². The summed E-state index contributed by atoms with van der Waals surface area (Å²) in [6.45, 7) is 8.25. The molecule has 0 aliphatic rings. The summed E-state index contributed by atoms with van der Waals surface area (Å²) < 4.78 is 4.63. The van der Waals surface area contributed by atoms with Crippen LogP contribution in [0.3, 0.4) is 0 Å². The van der Waals surface area contributed by atoms with Gasteiger partial charge in [0.25, 0.3) is 0 Å². The molecule has 3 nitrogen and oxygen atoms in total. The molecule has 1 atom stereocenters. The van der Waals surface area contributed by atoms with Crippen molar-refractivity contribution < 1.29 is 9.53 Å². The molecule has 0 fully saturated rings. The molecule has 0 saturated heterocycles. The van der Waals surface area contributed by atoms with E-state index in [9.17, 15) is 4.79 Å². The number of rotatable bonds is 6. The zero-order valence-corrected chi connectivity index (χ0v) is 9.17. The average Bonchev–Trinajstić information content (AvgIpc) is 2.22. The van der Waals surface area contributed by atoms with Crippen molar-refractivity contribution in [2.45, 2.75) is 26.3 Å². The van der Waals surface area contributed by atoms with Gasteiger partial charge in [0.15, 0.2) is 0 Å². The minimum Gasteiger partial charge on any atom is -0.466 e. The summed E-state index contributed by atoms with van der Waals surface area (Å²) in [7, 11) is 1.39. The van der Waals surface area contributed by atoms with E-state index in [4.69, 9.17) is 0 Å². The summed E-state index contributed by atoms with van der Waals surface area (Å²) in [6.07, 6.45) is 4.36. The normalized spacial score (nSPS) is 13.5. The molecule has 0 heterocycles. The number of esters is 1. The van der Waals surface area contributed by atoms with Gasteiger partial charge in [0, 0.05) is 18.2 Å². The molecule has 3 heteroatoms. The van der Waals surface area contributed by atoms with Crippen molar-refractivity contribution in [3.63, 3.8) is 0 Å². The lowest BCUT2D eigenvalue weighted by Crippen LogP contribution is -2.24. The van der Waals surface area contributed by atoms with Crippen molar-refractivity contribution in [3.8, 4) is 0 Å². The van der Waals surface area contributed by atoms with E-state index in [-0.39, 0.29) is 12.0 Å². The van der Waals surface area contributed by atoms with Crippen LogP contribution in [-0.4, -0.2) is 25.7 Å². The summed E-state index contributed by atoms with van der Waals surface area (Å²) >= 11 is 0. The van der Waals surface area contributed by atoms with Gasteiger partial charge in [-0.15, -0.1) is 6.58 Å². The summed E-state index contributed by atoms with van der Waals surface area (Å²) in [6, 6.07) is 0.252. The third kappa shape index (κ3) is 4.82. The van der Waals surface area contributed by atoms with Gasteiger partial charge < -0.3 is 10.1 Å². The lowest BCUT2D eigenvalue weighted by Gasteiger charge is -2.07. The average molecular weight is 197 g/mol. The minimum absolute atomic E-state index is 0.249. The Morgan fingerprint density at radius 2 is 2.29 bits per heavy atom. The Kier molecular flexibility index (Phi) is 6.76. The fraction of sp³-hybridized carbons (Fsp3) is 0.545. The predicted molar refractivity (Wildman–Crippen MR) is 58.1 cm³/mol. The van der Waals surface area contributed by atoms with E-state index in [1.165, 1.54) is 7.11 Å². The lowest BCUT2D eigenvalue weighted by molar-refractivity contribution is -0.136. The molecule has 0 spiro atoms. The van der Waals surface area contributed by atoms with E-state index in [2.05, 4.69) is 16.6 Å². The van der Waals surface area contributed by atoms with Crippen molar-refractivity contribution in [2.24, 2.45) is 0 Å². The predicted octanol–water partition coefficient (Wildman–Crippen LogP) is 1.66. The van der Waals surface area contributed by atoms with Gasteiger partial charge in [0.1, 0.15) is 0 Å². The maximum Gasteiger partial charge on any atom is 0.333 e. The molecule has 0 aromatic rings. The van der Waals surface area contributed by atoms with Crippen LogP contribution < -0.4 is 5.32 Å². The van der Waals surface area contributed by atoms with Crippen LogP contribution in [0, 0.1) is 0 Å². The van der Waals surface area contributed by atoms with Gasteiger partial charge in [-0.2, -0.15) is 0 Å². The topological polar surface area (TPSA) is 38.3 Å². The van der Waals surface area contributed by atoms with Crippen LogP contribution in [0.15, 0.2) is 24.3 Å². The quantitative estimate of drug-likeness (QED) is 0.400. The Morgan fingerprint density at radius 3 is 2.71 bits per heavy atom. The van der Waals surface area contributed by atoms with Gasteiger partial charge in [-0.25, -0.2) is 4.79 Å². The smallest absolute Gasteiger partial charge is 0.333 e. The zero-order valence-electron chi connectivity index (χ0n) is 9.17. The van der Waals surface area contributed by atoms with Crippen LogP contribution in [0.1, 0.15) is 20.3 Å². The molecule has 1 N–H and O–H groups in total. The van der Waals surface area contributed by atoms with Crippen LogP contribution in [0.5, 0.6) is 0 Å². The van der Waals surface area contributed by atoms with Gasteiger partial charge in [0.05, 0.1) is 7.11 Å². The third-order valence-corrected chi connectivity index (χ3v) is 1.97. The fourth-order valence-corrected chi connectivity index (χ4v) is 0.954. The Morgan fingerprint density at radius 1 is 1.64 bits per heavy atom. The summed E-state index contributed by atoms with van der Waals surface area (Å²) in [5, 5.41) is 3.17. The maximum absolute atomic E-state index is 11.1. The fourth-order valence-electron chi connectivity index (χ4n) is 0.954. The highest BCUT2D eigenvalue weighted by atomic mass is 16.5. The Labute approximate surface area is 85.8 Å². The standard InChI is InChI=1S/C11H19NO2/c1-5-9(3)12-8-7-10(6-2)11(13)14-4/h5,7,9,12H,1,6,8H2,2-4H3/b10-7-. The zero-order chi connectivity index (χ0) is 11.0. The second kappa shape index (κ2) is 7.33. The number of carbonyl (C=O) groups is 1. The van der Waals surface area contributed by atoms with E-state index in [0.29, 0.717) is 18.5 Å². The SMILES string of the molecule is C=CC(C)NC/C=C(/CC)C(=O)OC. The van der Waals surface area contributed by atoms with Crippen LogP contribution in [0.2, 0.25) is 0 Å². The summed E-state index contributed by atoms with van der Waals surface area (Å²) in [5.74, 6) is -0.249. The Hall–Kier alpha value is -1.09. The first-order valence-electron chi connectivity index (χ1n) is 4.79. The molecule has 0 saturated carbocycles. The van der Waals surface area contributed by atoms with Crippen molar-refractivity contribution in [3.05, 3.63) is 24.3 Å². The van der Waals surface area contributed by atoms with E-state index in [0.717, 1.165) is 0 Å². The Bertz CT molecular complexity index is 221. The van der Waals surface area contributed by atoms with Crippen molar-refractivity contribution >= 4 is 5.97 Å². The number of methoxy groups -OCH3 is 1. The van der Waals surface area contributed by atoms with Gasteiger partial charge >= 0.3 is 5.97 Å².